The van der Waals surface area contributed by atoms with Crippen molar-refractivity contribution < 1.29 is 40.7 Å². The van der Waals surface area contributed by atoms with Crippen LogP contribution in [0, 0.1) is 0 Å². The third kappa shape index (κ3) is 9.92. The number of piperidine rings is 1. The Balaban J connectivity index is 0.00000248. The second-order valence-corrected chi connectivity index (χ2v) is 10.2. The molecule has 2 aromatic rings. The van der Waals surface area contributed by atoms with E-state index in [0.29, 0.717) is 51.9 Å². The van der Waals surface area contributed by atoms with Crippen LogP contribution in [0.15, 0.2) is 42.5 Å². The first-order chi connectivity index (χ1) is 20.4. The lowest BCUT2D eigenvalue weighted by atomic mass is 10.1. The zero-order valence-electron chi connectivity index (χ0n) is 24.7. The molecule has 0 aliphatic carbocycles. The molecule has 1 N–H and O–H groups in total. The molecule has 240 valence electrons. The van der Waals surface area contributed by atoms with Gasteiger partial charge in [0.25, 0.3) is 0 Å². The van der Waals surface area contributed by atoms with Crippen molar-refractivity contribution in [2.75, 3.05) is 63.3 Å². The van der Waals surface area contributed by atoms with Crippen molar-refractivity contribution in [1.29, 1.82) is 0 Å². The van der Waals surface area contributed by atoms with Crippen LogP contribution in [0.3, 0.4) is 0 Å². The maximum atomic E-state index is 13.4. The van der Waals surface area contributed by atoms with Crippen LogP contribution in [-0.4, -0.2) is 74.7 Å². The van der Waals surface area contributed by atoms with Crippen LogP contribution in [-0.2, 0) is 22.0 Å². The summed E-state index contributed by atoms with van der Waals surface area (Å²) in [7, 11) is 1.23. The Bertz CT molecular complexity index is 1140. The fraction of sp³-hybridized carbons (Fsp3) is 0.567. The van der Waals surface area contributed by atoms with Crippen LogP contribution in [0.4, 0.5) is 37.7 Å². The van der Waals surface area contributed by atoms with E-state index in [1.54, 1.807) is 4.90 Å². The highest BCUT2D eigenvalue weighted by Gasteiger charge is 2.35. The molecule has 43 heavy (non-hydrogen) atoms. The predicted molar refractivity (Wildman–Crippen MR) is 153 cm³/mol. The molecule has 2 fully saturated rings. The van der Waals surface area contributed by atoms with Crippen molar-refractivity contribution in [3.05, 3.63) is 53.6 Å². The zero-order valence-corrected chi connectivity index (χ0v) is 24.7. The van der Waals surface area contributed by atoms with Gasteiger partial charge in [0.15, 0.2) is 0 Å². The Morgan fingerprint density at radius 1 is 0.884 bits per heavy atom. The van der Waals surface area contributed by atoms with Crippen molar-refractivity contribution in [3.8, 4) is 5.75 Å². The number of rotatable bonds is 9. The molecule has 0 aromatic heterocycles. The highest BCUT2D eigenvalue weighted by Crippen LogP contribution is 2.38. The molecule has 7 nitrogen and oxygen atoms in total. The number of amides is 1. The number of nitrogens with one attached hydrogen (secondary N) is 1. The maximum absolute atomic E-state index is 13.4. The molecule has 4 rings (SSSR count). The third-order valence-corrected chi connectivity index (χ3v) is 7.40. The number of likely N-dealkylation sites (tertiary alicyclic amines) is 1. The van der Waals surface area contributed by atoms with E-state index in [1.165, 1.54) is 31.4 Å². The molecule has 0 bridgehead atoms. The lowest BCUT2D eigenvalue weighted by Crippen LogP contribution is -2.47. The van der Waals surface area contributed by atoms with Crippen molar-refractivity contribution in [3.63, 3.8) is 0 Å². The van der Waals surface area contributed by atoms with E-state index in [1.807, 2.05) is 13.8 Å². The molecule has 1 amide bonds. The third-order valence-electron chi connectivity index (χ3n) is 7.40. The van der Waals surface area contributed by atoms with E-state index in [-0.39, 0.29) is 23.4 Å². The van der Waals surface area contributed by atoms with Gasteiger partial charge < -0.3 is 14.5 Å². The number of hydrogen-bond donors (Lipinski definition) is 1. The van der Waals surface area contributed by atoms with Gasteiger partial charge in [-0.1, -0.05) is 13.8 Å². The molecular weight excluding hydrogens is 578 g/mol. The van der Waals surface area contributed by atoms with Gasteiger partial charge in [0, 0.05) is 64.2 Å². The molecule has 0 spiro atoms. The standard InChI is InChI=1S/C28H34F6N4O3.C2H6/c1-40-35-25-9-8-23(19-24(25)28(32,33)34)41-22-10-13-38(14-11-22)26(39)3-2-12-36-15-17-37(18-16-36)21-6-4-20(5-7-21)27(29,30)31;1-2/h4-9,19,22,35H,2-3,10-18H2,1H3;1-2H3. The number of hydrogen-bond acceptors (Lipinski definition) is 6. The lowest BCUT2D eigenvalue weighted by molar-refractivity contribution is -0.138. The van der Waals surface area contributed by atoms with Crippen molar-refractivity contribution in [2.24, 2.45) is 0 Å². The van der Waals surface area contributed by atoms with Gasteiger partial charge in [-0.3, -0.25) is 20.0 Å². The Labute approximate surface area is 248 Å². The minimum absolute atomic E-state index is 0.0428. The largest absolute Gasteiger partial charge is 0.490 e. The quantitative estimate of drug-likeness (QED) is 0.250. The van der Waals surface area contributed by atoms with Gasteiger partial charge in [-0.15, -0.1) is 0 Å². The number of benzene rings is 2. The Morgan fingerprint density at radius 3 is 2.07 bits per heavy atom. The fourth-order valence-corrected chi connectivity index (χ4v) is 5.15. The van der Waals surface area contributed by atoms with E-state index in [4.69, 9.17) is 4.74 Å². The summed E-state index contributed by atoms with van der Waals surface area (Å²) in [6, 6.07) is 8.87. The number of ether oxygens (including phenoxy) is 1. The summed E-state index contributed by atoms with van der Waals surface area (Å²) in [6.45, 7) is 8.62. The van der Waals surface area contributed by atoms with Crippen molar-refractivity contribution in [1.82, 2.24) is 9.80 Å². The Morgan fingerprint density at radius 2 is 1.51 bits per heavy atom. The number of piperazine rings is 1. The van der Waals surface area contributed by atoms with Crippen LogP contribution in [0.5, 0.6) is 5.75 Å². The van der Waals surface area contributed by atoms with E-state index >= 15 is 0 Å². The molecular formula is C30H40F6N4O3. The summed E-state index contributed by atoms with van der Waals surface area (Å²) in [6.07, 6.45) is -7.07. The highest BCUT2D eigenvalue weighted by atomic mass is 19.4. The number of carbonyl (C=O) groups is 1. The normalized spacial score (nSPS) is 16.9. The van der Waals surface area contributed by atoms with Crippen molar-refractivity contribution >= 4 is 17.3 Å². The topological polar surface area (TPSA) is 57.3 Å². The Hall–Kier alpha value is -3.19. The van der Waals surface area contributed by atoms with Gasteiger partial charge in [0.1, 0.15) is 11.9 Å². The first-order valence-electron chi connectivity index (χ1n) is 14.5. The van der Waals surface area contributed by atoms with Gasteiger partial charge in [0.05, 0.1) is 23.9 Å². The second kappa shape index (κ2) is 15.5. The molecule has 0 saturated carbocycles. The zero-order chi connectivity index (χ0) is 31.6. The average molecular weight is 619 g/mol. The number of nitrogens with zero attached hydrogens (tertiary/aromatic N) is 3. The lowest BCUT2D eigenvalue weighted by Gasteiger charge is -2.36. The first-order valence-corrected chi connectivity index (χ1v) is 14.5. The van der Waals surface area contributed by atoms with Crippen LogP contribution in [0.2, 0.25) is 0 Å². The number of alkyl halides is 6. The summed E-state index contributed by atoms with van der Waals surface area (Å²) in [5, 5.41) is 0. The summed E-state index contributed by atoms with van der Waals surface area (Å²) in [4.78, 5) is 23.4. The SMILES string of the molecule is CC.CONc1ccc(OC2CCN(C(=O)CCCN3CCN(c4ccc(C(F)(F)F)cc4)CC3)CC2)cc1C(F)(F)F. The van der Waals surface area contributed by atoms with E-state index < -0.39 is 23.5 Å². The number of carbonyl (C=O) groups excluding carboxylic acids is 1. The maximum Gasteiger partial charge on any atom is 0.418 e. The number of halogens is 6. The van der Waals surface area contributed by atoms with Gasteiger partial charge in [-0.05, 0) is 55.4 Å². The molecule has 2 heterocycles. The highest BCUT2D eigenvalue weighted by molar-refractivity contribution is 5.76. The van der Waals surface area contributed by atoms with Crippen LogP contribution < -0.4 is 15.1 Å². The fourth-order valence-electron chi connectivity index (χ4n) is 5.15. The van der Waals surface area contributed by atoms with Gasteiger partial charge in [-0.2, -0.15) is 26.3 Å². The molecule has 2 saturated heterocycles. The van der Waals surface area contributed by atoms with Gasteiger partial charge in [-0.25, -0.2) is 0 Å². The smallest absolute Gasteiger partial charge is 0.418 e. The minimum atomic E-state index is -4.57. The predicted octanol–water partition coefficient (Wildman–Crippen LogP) is 6.70. The Kier molecular flexibility index (Phi) is 12.4. The molecule has 2 aliphatic rings. The molecule has 2 aromatic carbocycles. The molecule has 2 aliphatic heterocycles. The number of anilines is 2. The van der Waals surface area contributed by atoms with Crippen molar-refractivity contribution in [2.45, 2.75) is 58.0 Å². The minimum Gasteiger partial charge on any atom is -0.490 e. The van der Waals surface area contributed by atoms with E-state index in [2.05, 4.69) is 20.1 Å². The molecule has 0 radical (unpaired) electrons. The molecule has 13 heteroatoms. The molecule has 0 unspecified atom stereocenters. The average Bonchev–Trinajstić information content (AvgIpc) is 2.99. The van der Waals surface area contributed by atoms with Gasteiger partial charge >= 0.3 is 12.4 Å². The van der Waals surface area contributed by atoms with E-state index in [9.17, 15) is 31.1 Å². The summed E-state index contributed by atoms with van der Waals surface area (Å²) in [5.41, 5.74) is 1.25. The van der Waals surface area contributed by atoms with E-state index in [0.717, 1.165) is 43.5 Å². The summed E-state index contributed by atoms with van der Waals surface area (Å²) >= 11 is 0. The molecule has 0 atom stereocenters. The van der Waals surface area contributed by atoms with Gasteiger partial charge in [0.2, 0.25) is 5.91 Å². The summed E-state index contributed by atoms with van der Waals surface area (Å²) < 4.78 is 84.4. The summed E-state index contributed by atoms with van der Waals surface area (Å²) in [5.74, 6) is 0.156. The monoisotopic (exact) mass is 618 g/mol. The van der Waals surface area contributed by atoms with Crippen LogP contribution in [0.25, 0.3) is 0 Å². The van der Waals surface area contributed by atoms with Crippen LogP contribution in [0.1, 0.15) is 50.7 Å². The first kappa shape index (κ1) is 34.3. The second-order valence-electron chi connectivity index (χ2n) is 10.2. The van der Waals surface area contributed by atoms with Crippen LogP contribution >= 0.6 is 0 Å².